The molecule has 0 aromatic heterocycles. The van der Waals surface area contributed by atoms with E-state index in [2.05, 4.69) is 35.2 Å². The van der Waals surface area contributed by atoms with Crippen molar-refractivity contribution in [2.75, 3.05) is 40.4 Å². The third-order valence-electron chi connectivity index (χ3n) is 10.2. The summed E-state index contributed by atoms with van der Waals surface area (Å²) in [6.07, 6.45) is 1.92. The number of hydrogen-bond donors (Lipinski definition) is 4. The van der Waals surface area contributed by atoms with E-state index in [1.165, 1.54) is 11.0 Å². The number of Topliss-reactive ketones (excluding diaryl/α,β-unsaturated/α-hetero) is 2. The Morgan fingerprint density at radius 3 is 2.47 bits per heavy atom. The van der Waals surface area contributed by atoms with Gasteiger partial charge in [0.1, 0.15) is 22.8 Å². The monoisotopic (exact) mass is 644 g/mol. The van der Waals surface area contributed by atoms with Crippen LogP contribution in [0.1, 0.15) is 42.0 Å². The summed E-state index contributed by atoms with van der Waals surface area (Å²) in [4.78, 5) is 56.1. The third kappa shape index (κ3) is 5.20. The number of rotatable bonds is 8. The normalized spacial score (nSPS) is 26.3. The standard InChI is InChI=1S/C35H40N4O8/c1-4-5-19-7-6-18(17-39-10-12-47-13-11-39)14-22(19)21-8-9-25(40)27-23(21)15-20-16-24-30(38(2)3)29(37-46)28(34(36)44)33(43)35(24,45)32(42)26(20)31(27)41/h6-9,14,20,24,30,40-41,45H,4-5,10-13,15-17H2,1-3H3,(H2,36,44)/t20-,24-,30-,35-/m0/s1. The number of ether oxygens (including phenoxy) is 1. The number of ketones is 2. The van der Waals surface area contributed by atoms with Gasteiger partial charge in [0, 0.05) is 31.1 Å². The zero-order valence-electron chi connectivity index (χ0n) is 26.8. The van der Waals surface area contributed by atoms with Crippen molar-refractivity contribution in [3.05, 3.63) is 74.3 Å². The Bertz CT molecular complexity index is 1740. The first-order valence-corrected chi connectivity index (χ1v) is 16.0. The number of aliphatic hydroxyl groups excluding tert-OH is 1. The summed E-state index contributed by atoms with van der Waals surface area (Å²) in [5.41, 5.74) is 5.92. The number of phenols is 1. The van der Waals surface area contributed by atoms with Crippen LogP contribution in [0.15, 0.2) is 52.4 Å². The Morgan fingerprint density at radius 2 is 1.83 bits per heavy atom. The van der Waals surface area contributed by atoms with Crippen LogP contribution in [-0.4, -0.2) is 94.6 Å². The molecule has 12 heteroatoms. The molecule has 1 saturated heterocycles. The minimum Gasteiger partial charge on any atom is -0.507 e. The van der Waals surface area contributed by atoms with E-state index < -0.39 is 58.0 Å². The molecule has 5 N–H and O–H groups in total. The Kier molecular flexibility index (Phi) is 8.64. The summed E-state index contributed by atoms with van der Waals surface area (Å²) < 4.78 is 5.51. The van der Waals surface area contributed by atoms with Crippen LogP contribution >= 0.6 is 0 Å². The second-order valence-corrected chi connectivity index (χ2v) is 13.2. The molecule has 2 fully saturated rings. The fraction of sp³-hybridized carbons (Fsp3) is 0.457. The largest absolute Gasteiger partial charge is 0.507 e. The van der Waals surface area contributed by atoms with E-state index in [4.69, 9.17) is 10.5 Å². The van der Waals surface area contributed by atoms with Crippen molar-refractivity contribution in [1.29, 1.82) is 0 Å². The SMILES string of the molecule is CCCc1ccc(CN2CCOCC2)cc1-c1ccc(O)c2c1C[C@H]1C[C@H]3[C@H](N(C)C)C(N=O)=C(C(N)=O)C(=O)[C@@]3(O)C(=O)C1=C2O. The van der Waals surface area contributed by atoms with Gasteiger partial charge in [0.25, 0.3) is 5.91 Å². The van der Waals surface area contributed by atoms with Gasteiger partial charge in [0.15, 0.2) is 5.60 Å². The lowest BCUT2D eigenvalue weighted by atomic mass is 9.56. The van der Waals surface area contributed by atoms with Gasteiger partial charge in [-0.3, -0.25) is 19.3 Å². The van der Waals surface area contributed by atoms with Crippen LogP contribution in [0.25, 0.3) is 16.9 Å². The highest BCUT2D eigenvalue weighted by atomic mass is 16.5. The van der Waals surface area contributed by atoms with Crippen LogP contribution in [0.2, 0.25) is 0 Å². The third-order valence-corrected chi connectivity index (χ3v) is 10.2. The van der Waals surface area contributed by atoms with Gasteiger partial charge in [-0.15, -0.1) is 4.91 Å². The molecule has 6 rings (SSSR count). The fourth-order valence-electron chi connectivity index (χ4n) is 8.08. The number of benzene rings is 2. The number of phenolic OH excluding ortho intramolecular Hbond substituents is 1. The van der Waals surface area contributed by atoms with E-state index in [1.807, 2.05) is 6.07 Å². The van der Waals surface area contributed by atoms with Crippen LogP contribution in [0.4, 0.5) is 0 Å². The van der Waals surface area contributed by atoms with E-state index in [1.54, 1.807) is 14.1 Å². The Hall–Kier alpha value is -4.23. The lowest BCUT2D eigenvalue weighted by molar-refractivity contribution is -0.161. The van der Waals surface area contributed by atoms with Gasteiger partial charge in [0.05, 0.1) is 24.8 Å². The number of aryl methyl sites for hydroxylation is 1. The van der Waals surface area contributed by atoms with Gasteiger partial charge in [-0.05, 0) is 84.4 Å². The maximum Gasteiger partial charge on any atom is 0.254 e. The molecule has 1 saturated carbocycles. The van der Waals surface area contributed by atoms with Crippen molar-refractivity contribution in [2.45, 2.75) is 50.8 Å². The molecule has 0 bridgehead atoms. The summed E-state index contributed by atoms with van der Waals surface area (Å²) >= 11 is 0. The fourth-order valence-corrected chi connectivity index (χ4v) is 8.08. The first kappa shape index (κ1) is 32.7. The summed E-state index contributed by atoms with van der Waals surface area (Å²) in [6.45, 7) is 5.87. The molecule has 0 spiro atoms. The van der Waals surface area contributed by atoms with Crippen LogP contribution in [0.5, 0.6) is 5.75 Å². The number of amides is 1. The number of nitrogens with two attached hydrogens (primary N) is 1. The molecule has 12 nitrogen and oxygen atoms in total. The number of carbonyl (C=O) groups is 3. The van der Waals surface area contributed by atoms with E-state index >= 15 is 0 Å². The first-order valence-electron chi connectivity index (χ1n) is 16.0. The number of hydrogen-bond acceptors (Lipinski definition) is 11. The molecule has 0 unspecified atom stereocenters. The number of aromatic hydroxyl groups is 1. The number of aliphatic hydroxyl groups is 2. The molecular weight excluding hydrogens is 604 g/mol. The predicted molar refractivity (Wildman–Crippen MR) is 173 cm³/mol. The van der Waals surface area contributed by atoms with Gasteiger partial charge >= 0.3 is 0 Å². The maximum atomic E-state index is 14.2. The molecule has 4 aliphatic rings. The van der Waals surface area contributed by atoms with Gasteiger partial charge in [-0.25, -0.2) is 0 Å². The second kappa shape index (κ2) is 12.4. The topological polar surface area (TPSA) is 183 Å². The molecule has 1 heterocycles. The maximum absolute atomic E-state index is 14.2. The van der Waals surface area contributed by atoms with Crippen LogP contribution in [-0.2, 0) is 38.5 Å². The summed E-state index contributed by atoms with van der Waals surface area (Å²) in [5, 5.41) is 37.7. The van der Waals surface area contributed by atoms with Crippen molar-refractivity contribution in [3.63, 3.8) is 0 Å². The lowest BCUT2D eigenvalue weighted by Gasteiger charge is -2.50. The molecule has 0 radical (unpaired) electrons. The molecule has 3 aliphatic carbocycles. The number of carbonyl (C=O) groups excluding carboxylic acids is 3. The molecule has 4 atom stereocenters. The first-order chi connectivity index (χ1) is 22.4. The number of nitroso groups, excluding NO2 is 1. The van der Waals surface area contributed by atoms with Gasteiger partial charge < -0.3 is 30.7 Å². The van der Waals surface area contributed by atoms with Gasteiger partial charge in [0.2, 0.25) is 11.6 Å². The number of fused-ring (bicyclic) bond motifs is 3. The van der Waals surface area contributed by atoms with E-state index in [0.29, 0.717) is 18.8 Å². The summed E-state index contributed by atoms with van der Waals surface area (Å²) in [5.74, 6) is -6.28. The summed E-state index contributed by atoms with van der Waals surface area (Å²) in [6, 6.07) is 8.61. The molecule has 47 heavy (non-hydrogen) atoms. The van der Waals surface area contributed by atoms with E-state index in [0.717, 1.165) is 54.7 Å². The molecular formula is C35H40N4O8. The minimum absolute atomic E-state index is 0.00864. The number of primary amides is 1. The number of morpholine rings is 1. The van der Waals surface area contributed by atoms with Crippen molar-refractivity contribution >= 4 is 23.2 Å². The van der Waals surface area contributed by atoms with Crippen LogP contribution < -0.4 is 5.73 Å². The van der Waals surface area contributed by atoms with Crippen molar-refractivity contribution in [3.8, 4) is 16.9 Å². The quantitative estimate of drug-likeness (QED) is 0.189. The number of nitrogens with zero attached hydrogens (tertiary/aromatic N) is 3. The minimum atomic E-state index is -2.78. The highest BCUT2D eigenvalue weighted by Crippen LogP contribution is 2.53. The average molecular weight is 645 g/mol. The molecule has 2 aromatic carbocycles. The van der Waals surface area contributed by atoms with Gasteiger partial charge in [-0.1, -0.05) is 31.5 Å². The van der Waals surface area contributed by atoms with Crippen LogP contribution in [0, 0.1) is 16.7 Å². The van der Waals surface area contributed by atoms with E-state index in [9.17, 15) is 34.6 Å². The zero-order chi connectivity index (χ0) is 33.8. The molecule has 1 amide bonds. The highest BCUT2D eigenvalue weighted by molar-refractivity contribution is 6.33. The van der Waals surface area contributed by atoms with Crippen molar-refractivity contribution in [2.24, 2.45) is 22.7 Å². The van der Waals surface area contributed by atoms with Crippen LogP contribution in [0.3, 0.4) is 0 Å². The second-order valence-electron chi connectivity index (χ2n) is 13.2. The zero-order valence-corrected chi connectivity index (χ0v) is 26.8. The van der Waals surface area contributed by atoms with Crippen molar-refractivity contribution in [1.82, 2.24) is 9.80 Å². The average Bonchev–Trinajstić information content (AvgIpc) is 3.03. The Labute approximate surface area is 272 Å². The molecule has 248 valence electrons. The highest BCUT2D eigenvalue weighted by Gasteiger charge is 2.65. The smallest absolute Gasteiger partial charge is 0.254 e. The lowest BCUT2D eigenvalue weighted by Crippen LogP contribution is -2.67. The van der Waals surface area contributed by atoms with E-state index in [-0.39, 0.29) is 29.7 Å². The Morgan fingerprint density at radius 1 is 1.11 bits per heavy atom. The number of likely N-dealkylation sites (N-methyl/N-ethyl adjacent to an activating group) is 1. The molecule has 2 aromatic rings. The summed E-state index contributed by atoms with van der Waals surface area (Å²) in [7, 11) is 3.17. The van der Waals surface area contributed by atoms with Crippen molar-refractivity contribution < 1.29 is 34.4 Å². The molecule has 1 aliphatic heterocycles. The predicted octanol–water partition coefficient (Wildman–Crippen LogP) is 2.62. The Balaban J connectivity index is 1.50. The van der Waals surface area contributed by atoms with Gasteiger partial charge in [-0.2, -0.15) is 0 Å².